The fourth-order valence-electron chi connectivity index (χ4n) is 2.59. The quantitative estimate of drug-likeness (QED) is 0.723. The first-order chi connectivity index (χ1) is 11.2. The molecule has 24 heavy (non-hydrogen) atoms. The van der Waals surface area contributed by atoms with E-state index in [-0.39, 0.29) is 12.1 Å². The van der Waals surface area contributed by atoms with E-state index in [1.165, 1.54) is 0 Å². The van der Waals surface area contributed by atoms with Gasteiger partial charge in [-0.2, -0.15) is 0 Å². The Labute approximate surface area is 147 Å². The second-order valence-electron chi connectivity index (χ2n) is 7.18. The Kier molecular flexibility index (Phi) is 7.52. The van der Waals surface area contributed by atoms with Crippen molar-refractivity contribution in [2.75, 3.05) is 19.6 Å². The number of carbonyl (C=O) groups is 1. The molecule has 0 N–H and O–H groups in total. The maximum atomic E-state index is 12.2. The Hall–Kier alpha value is -1.78. The Morgan fingerprint density at radius 1 is 1.33 bits per heavy atom. The summed E-state index contributed by atoms with van der Waals surface area (Å²) in [5, 5.41) is 0. The summed E-state index contributed by atoms with van der Waals surface area (Å²) in [6, 6.07) is 0.198. The van der Waals surface area contributed by atoms with E-state index in [1.54, 1.807) is 4.90 Å². The van der Waals surface area contributed by atoms with Gasteiger partial charge in [0.15, 0.2) is 0 Å². The molecule has 1 amide bonds. The third kappa shape index (κ3) is 6.38. The highest BCUT2D eigenvalue weighted by Crippen LogP contribution is 2.19. The molecule has 0 spiro atoms. The highest BCUT2D eigenvalue weighted by Gasteiger charge is 2.30. The number of allylic oxidation sites excluding steroid dienone is 3. The second-order valence-corrected chi connectivity index (χ2v) is 7.18. The first kappa shape index (κ1) is 20.3. The minimum Gasteiger partial charge on any atom is -0.444 e. The lowest BCUT2D eigenvalue weighted by Gasteiger charge is -2.41. The van der Waals surface area contributed by atoms with E-state index in [2.05, 4.69) is 24.8 Å². The average molecular weight is 335 g/mol. The van der Waals surface area contributed by atoms with Gasteiger partial charge < -0.3 is 14.5 Å². The van der Waals surface area contributed by atoms with Crippen LogP contribution in [-0.2, 0) is 4.74 Å². The van der Waals surface area contributed by atoms with E-state index in [0.29, 0.717) is 13.1 Å². The number of carbonyl (C=O) groups excluding carboxylic acids is 1. The largest absolute Gasteiger partial charge is 0.444 e. The number of hydrogen-bond donors (Lipinski definition) is 0. The number of rotatable bonds is 4. The lowest BCUT2D eigenvalue weighted by Crippen LogP contribution is -2.53. The molecule has 0 bridgehead atoms. The van der Waals surface area contributed by atoms with Crippen LogP contribution in [0.4, 0.5) is 4.79 Å². The van der Waals surface area contributed by atoms with Gasteiger partial charge in [-0.05, 0) is 60.1 Å². The highest BCUT2D eigenvalue weighted by atomic mass is 16.6. The number of ether oxygens (including phenoxy) is 1. The molecule has 1 fully saturated rings. The topological polar surface area (TPSA) is 45.1 Å². The molecule has 0 aromatic rings. The van der Waals surface area contributed by atoms with Crippen molar-refractivity contribution in [1.82, 2.24) is 9.80 Å². The van der Waals surface area contributed by atoms with Gasteiger partial charge in [-0.1, -0.05) is 13.0 Å². The van der Waals surface area contributed by atoms with E-state index in [0.717, 1.165) is 24.5 Å². The molecule has 0 radical (unpaired) electrons. The van der Waals surface area contributed by atoms with Crippen LogP contribution in [0, 0.1) is 0 Å². The highest BCUT2D eigenvalue weighted by molar-refractivity contribution is 5.93. The van der Waals surface area contributed by atoms with E-state index < -0.39 is 5.60 Å². The molecule has 1 heterocycles. The van der Waals surface area contributed by atoms with Crippen molar-refractivity contribution in [3.63, 3.8) is 0 Å². The number of hydrogen-bond acceptors (Lipinski definition) is 4. The van der Waals surface area contributed by atoms with Gasteiger partial charge in [0.1, 0.15) is 11.4 Å². The van der Waals surface area contributed by atoms with Crippen molar-refractivity contribution in [2.24, 2.45) is 4.99 Å². The van der Waals surface area contributed by atoms with Crippen LogP contribution in [0.5, 0.6) is 0 Å². The van der Waals surface area contributed by atoms with E-state index in [4.69, 9.17) is 9.73 Å². The van der Waals surface area contributed by atoms with E-state index >= 15 is 0 Å². The molecule has 1 aliphatic heterocycles. The molecule has 1 aliphatic rings. The van der Waals surface area contributed by atoms with Crippen molar-refractivity contribution in [2.45, 2.75) is 66.5 Å². The summed E-state index contributed by atoms with van der Waals surface area (Å²) in [5.74, 6) is 0.963. The van der Waals surface area contributed by atoms with Gasteiger partial charge in [0, 0.05) is 31.4 Å². The van der Waals surface area contributed by atoms with Crippen LogP contribution in [0.1, 0.15) is 54.9 Å². The summed E-state index contributed by atoms with van der Waals surface area (Å²) in [5.41, 5.74) is 0.533. The zero-order valence-corrected chi connectivity index (χ0v) is 16.3. The zero-order valence-electron chi connectivity index (χ0n) is 16.3. The second kappa shape index (κ2) is 8.90. The van der Waals surface area contributed by atoms with Crippen molar-refractivity contribution in [3.8, 4) is 0 Å². The normalized spacial score (nSPS) is 20.7. The third-order valence-corrected chi connectivity index (χ3v) is 3.72. The monoisotopic (exact) mass is 335 g/mol. The predicted octanol–water partition coefficient (Wildman–Crippen LogP) is 4.22. The Morgan fingerprint density at radius 3 is 2.50 bits per heavy atom. The summed E-state index contributed by atoms with van der Waals surface area (Å²) in [6.45, 7) is 16.0. The zero-order chi connectivity index (χ0) is 18.3. The molecule has 0 aromatic carbocycles. The molecule has 0 aliphatic carbocycles. The maximum Gasteiger partial charge on any atom is 0.410 e. The average Bonchev–Trinajstić information content (AvgIpc) is 2.49. The minimum absolute atomic E-state index is 0.198. The smallest absolute Gasteiger partial charge is 0.410 e. The number of amides is 1. The molecule has 1 rings (SSSR count). The Balaban J connectivity index is 2.74. The SMILES string of the molecule is C\C=C(/N=C(C)\C=C\CC)N1CCN(C(=O)OC(C)(C)C)C[C@H]1C. The number of aliphatic imine (C=N–C) groups is 1. The van der Waals surface area contributed by atoms with Crippen LogP contribution in [0.15, 0.2) is 29.0 Å². The van der Waals surface area contributed by atoms with Gasteiger partial charge in [0.2, 0.25) is 0 Å². The van der Waals surface area contributed by atoms with Gasteiger partial charge in [-0.15, -0.1) is 0 Å². The summed E-state index contributed by atoms with van der Waals surface area (Å²) in [6.07, 6.45) is 6.95. The van der Waals surface area contributed by atoms with Gasteiger partial charge >= 0.3 is 6.09 Å². The molecular weight excluding hydrogens is 302 g/mol. The summed E-state index contributed by atoms with van der Waals surface area (Å²) in [4.78, 5) is 21.0. The molecule has 0 aromatic heterocycles. The van der Waals surface area contributed by atoms with Crippen LogP contribution in [0.25, 0.3) is 0 Å². The molecule has 0 saturated carbocycles. The summed E-state index contributed by atoms with van der Waals surface area (Å²) >= 11 is 0. The first-order valence-electron chi connectivity index (χ1n) is 8.80. The standard InChI is InChI=1S/C19H33N3O2/c1-8-10-11-15(3)20-17(9-2)22-13-12-21(14-16(22)4)18(23)24-19(5,6)7/h9-11,16H,8,12-14H2,1-7H3/b11-10+,17-9+,20-15-/t16-/m1/s1. The maximum absolute atomic E-state index is 12.2. The van der Waals surface area contributed by atoms with Gasteiger partial charge in [-0.3, -0.25) is 0 Å². The van der Waals surface area contributed by atoms with Crippen LogP contribution < -0.4 is 0 Å². The van der Waals surface area contributed by atoms with Crippen LogP contribution in [0.3, 0.4) is 0 Å². The lowest BCUT2D eigenvalue weighted by atomic mass is 10.2. The summed E-state index contributed by atoms with van der Waals surface area (Å²) < 4.78 is 5.47. The molecule has 1 saturated heterocycles. The van der Waals surface area contributed by atoms with Crippen molar-refractivity contribution < 1.29 is 9.53 Å². The molecule has 5 heteroatoms. The van der Waals surface area contributed by atoms with Crippen molar-refractivity contribution in [1.29, 1.82) is 0 Å². The van der Waals surface area contributed by atoms with Gasteiger partial charge in [0.05, 0.1) is 0 Å². The molecular formula is C19H33N3O2. The van der Waals surface area contributed by atoms with Crippen molar-refractivity contribution in [3.05, 3.63) is 24.0 Å². The lowest BCUT2D eigenvalue weighted by molar-refractivity contribution is 0.00999. The predicted molar refractivity (Wildman–Crippen MR) is 100 cm³/mol. The Morgan fingerprint density at radius 2 is 2.00 bits per heavy atom. The van der Waals surface area contributed by atoms with E-state index in [9.17, 15) is 4.79 Å². The Bertz CT molecular complexity index is 515. The molecule has 1 atom stereocenters. The fraction of sp³-hybridized carbons (Fsp3) is 0.684. The van der Waals surface area contributed by atoms with Gasteiger partial charge in [0.25, 0.3) is 0 Å². The molecule has 0 unspecified atom stereocenters. The number of nitrogens with zero attached hydrogens (tertiary/aromatic N) is 3. The van der Waals surface area contributed by atoms with Gasteiger partial charge in [-0.25, -0.2) is 9.79 Å². The number of piperazine rings is 1. The summed E-state index contributed by atoms with van der Waals surface area (Å²) in [7, 11) is 0. The van der Waals surface area contributed by atoms with Crippen LogP contribution >= 0.6 is 0 Å². The van der Waals surface area contributed by atoms with Crippen LogP contribution in [-0.4, -0.2) is 52.9 Å². The first-order valence-corrected chi connectivity index (χ1v) is 8.80. The van der Waals surface area contributed by atoms with E-state index in [1.807, 2.05) is 46.8 Å². The third-order valence-electron chi connectivity index (χ3n) is 3.72. The molecule has 5 nitrogen and oxygen atoms in total. The van der Waals surface area contributed by atoms with Crippen LogP contribution in [0.2, 0.25) is 0 Å². The molecule has 136 valence electrons. The minimum atomic E-state index is -0.459. The van der Waals surface area contributed by atoms with Crippen molar-refractivity contribution >= 4 is 11.8 Å². The fourth-order valence-corrected chi connectivity index (χ4v) is 2.59.